The summed E-state index contributed by atoms with van der Waals surface area (Å²) < 4.78 is 9.56. The van der Waals surface area contributed by atoms with Gasteiger partial charge < -0.3 is 0 Å². The first-order valence-corrected chi connectivity index (χ1v) is 27.1. The minimum atomic E-state index is -1.30. The maximum Gasteiger partial charge on any atom is 0.113 e. The molecule has 0 amide bonds. The van der Waals surface area contributed by atoms with Crippen LogP contribution < -0.4 is 5.19 Å². The Morgan fingerprint density at radius 1 is 0.510 bits per heavy atom. The lowest BCUT2D eigenvalue weighted by molar-refractivity contribution is 0.983. The highest BCUT2D eigenvalue weighted by atomic mass is 32.1. The largest absolute Gasteiger partial charge is 0.172 e. The molecule has 8 rings (SSSR count). The van der Waals surface area contributed by atoms with Gasteiger partial charge in [-0.2, -0.15) is 8.75 Å². The van der Waals surface area contributed by atoms with Gasteiger partial charge in [0.15, 0.2) is 0 Å². The van der Waals surface area contributed by atoms with Crippen LogP contribution in [0.3, 0.4) is 0 Å². The van der Waals surface area contributed by atoms with Gasteiger partial charge in [-0.05, 0) is 69.6 Å². The summed E-state index contributed by atoms with van der Waals surface area (Å²) in [6, 6.07) is 40.5. The molecule has 0 aliphatic heterocycles. The molecule has 0 spiro atoms. The fraction of sp³-hybridized carbons (Fsp3) is 0.182. The van der Waals surface area contributed by atoms with Crippen molar-refractivity contribution in [3.63, 3.8) is 0 Å². The summed E-state index contributed by atoms with van der Waals surface area (Å²) >= 11 is 5.02. The van der Waals surface area contributed by atoms with Gasteiger partial charge in [-0.3, -0.25) is 0 Å². The van der Waals surface area contributed by atoms with Crippen LogP contribution in [0, 0.1) is 0 Å². The Hall–Kier alpha value is -3.99. The van der Waals surface area contributed by atoms with E-state index in [0.29, 0.717) is 0 Å². The fourth-order valence-electron chi connectivity index (χ4n) is 6.84. The number of nitrogens with zero attached hydrogens (tertiary/aromatic N) is 2. The number of aromatic nitrogens is 2. The number of thiophene rings is 2. The molecule has 0 radical (unpaired) electrons. The first-order valence-electron chi connectivity index (χ1n) is 17.7. The van der Waals surface area contributed by atoms with E-state index in [0.717, 1.165) is 45.2 Å². The monoisotopic (exact) mass is 750 g/mol. The van der Waals surface area contributed by atoms with E-state index in [9.17, 15) is 0 Å². The van der Waals surface area contributed by atoms with Gasteiger partial charge in [0, 0.05) is 30.6 Å². The Morgan fingerprint density at radius 2 is 0.941 bits per heavy atom. The van der Waals surface area contributed by atoms with Crippen LogP contribution in [0.2, 0.25) is 44.8 Å². The quantitative estimate of drug-likeness (QED) is 0.145. The van der Waals surface area contributed by atoms with Crippen molar-refractivity contribution in [2.24, 2.45) is 0 Å². The first-order chi connectivity index (χ1) is 24.5. The standard InChI is InChI=1S/C44H42N2S3Si2/c1-50(2,3)35-19-15-33(16-20-35)41-27-25-39(47-41)31-11-7-29(8-12-31)37-23-24-38(44-43(37)45-49-46-44)30-9-13-32(14-10-30)40-26-28-42(48-40)34-17-21-36(22-18-34)51(4,5)6/h7-21,23-28,36H,22H2,1-6H3. The third kappa shape index (κ3) is 6.98. The van der Waals surface area contributed by atoms with Crippen LogP contribution in [0.1, 0.15) is 11.3 Å². The molecule has 0 saturated heterocycles. The highest BCUT2D eigenvalue weighted by Gasteiger charge is 2.25. The highest BCUT2D eigenvalue weighted by molar-refractivity contribution is 7.18. The van der Waals surface area contributed by atoms with Crippen molar-refractivity contribution < 1.29 is 0 Å². The van der Waals surface area contributed by atoms with E-state index in [1.165, 1.54) is 58.7 Å². The molecule has 1 aliphatic rings. The second-order valence-electron chi connectivity index (χ2n) is 15.7. The fourth-order valence-corrected chi connectivity index (χ4v) is 12.1. The molecule has 4 aromatic carbocycles. The normalized spacial score (nSPS) is 15.0. The minimum Gasteiger partial charge on any atom is -0.172 e. The zero-order chi connectivity index (χ0) is 35.3. The molecule has 2 nitrogen and oxygen atoms in total. The highest BCUT2D eigenvalue weighted by Crippen LogP contribution is 2.40. The Kier molecular flexibility index (Phi) is 9.05. The number of hydrogen-bond donors (Lipinski definition) is 0. The van der Waals surface area contributed by atoms with E-state index in [-0.39, 0.29) is 0 Å². The lowest BCUT2D eigenvalue weighted by atomic mass is 9.96. The maximum absolute atomic E-state index is 4.78. The van der Waals surface area contributed by atoms with Gasteiger partial charge in [-0.1, -0.05) is 148 Å². The SMILES string of the molecule is C[Si](C)(C)c1ccc(-c2ccc(-c3ccc(-c4ccc(-c5ccc(-c6ccc(C7=CCC([Si](C)(C)C)C=C7)s6)cc5)c5nsnc45)cc3)s2)cc1. The summed E-state index contributed by atoms with van der Waals surface area (Å²) in [5.41, 5.74) is 12.4. The summed E-state index contributed by atoms with van der Waals surface area (Å²) in [6.45, 7) is 14.6. The van der Waals surface area contributed by atoms with Crippen molar-refractivity contribution in [1.82, 2.24) is 8.75 Å². The van der Waals surface area contributed by atoms with Crippen LogP contribution in [0.4, 0.5) is 0 Å². The molecule has 3 aromatic heterocycles. The molecule has 3 heterocycles. The number of hydrogen-bond acceptors (Lipinski definition) is 5. The topological polar surface area (TPSA) is 25.8 Å². The lowest BCUT2D eigenvalue weighted by Gasteiger charge is -2.27. The van der Waals surface area contributed by atoms with E-state index in [1.54, 1.807) is 0 Å². The summed E-state index contributed by atoms with van der Waals surface area (Å²) in [5, 5.41) is 1.50. The van der Waals surface area contributed by atoms with E-state index >= 15 is 0 Å². The Bertz CT molecular complexity index is 2400. The number of rotatable bonds is 8. The molecule has 1 atom stereocenters. The van der Waals surface area contributed by atoms with Gasteiger partial charge in [-0.15, -0.1) is 22.7 Å². The van der Waals surface area contributed by atoms with Crippen LogP contribution >= 0.6 is 34.4 Å². The van der Waals surface area contributed by atoms with Gasteiger partial charge >= 0.3 is 0 Å². The molecule has 7 heteroatoms. The predicted molar refractivity (Wildman–Crippen MR) is 232 cm³/mol. The minimum absolute atomic E-state index is 0.733. The van der Waals surface area contributed by atoms with Gasteiger partial charge in [0.25, 0.3) is 0 Å². The van der Waals surface area contributed by atoms with Crippen molar-refractivity contribution in [1.29, 1.82) is 0 Å². The number of fused-ring (bicyclic) bond motifs is 1. The van der Waals surface area contributed by atoms with Crippen molar-refractivity contribution in [2.75, 3.05) is 0 Å². The lowest BCUT2D eigenvalue weighted by Crippen LogP contribution is -2.37. The summed E-state index contributed by atoms with van der Waals surface area (Å²) in [5.74, 6) is 0. The van der Waals surface area contributed by atoms with Gasteiger partial charge in [-0.25, -0.2) is 0 Å². The average molecular weight is 751 g/mol. The van der Waals surface area contributed by atoms with Crippen molar-refractivity contribution >= 4 is 72.3 Å². The Morgan fingerprint density at radius 3 is 1.37 bits per heavy atom. The molecule has 0 fully saturated rings. The van der Waals surface area contributed by atoms with Crippen molar-refractivity contribution in [3.8, 4) is 53.6 Å². The van der Waals surface area contributed by atoms with E-state index < -0.39 is 16.1 Å². The number of allylic oxidation sites excluding steroid dienone is 4. The summed E-state index contributed by atoms with van der Waals surface area (Å²) in [7, 11) is -2.46. The van der Waals surface area contributed by atoms with Gasteiger partial charge in [0.05, 0.1) is 27.9 Å². The molecule has 1 aliphatic carbocycles. The average Bonchev–Trinajstić information content (AvgIpc) is 3.93. The number of benzene rings is 4. The van der Waals surface area contributed by atoms with Crippen LogP contribution in [-0.4, -0.2) is 24.9 Å². The zero-order valence-corrected chi connectivity index (χ0v) is 34.5. The molecule has 0 bridgehead atoms. The van der Waals surface area contributed by atoms with Crippen molar-refractivity contribution in [2.45, 2.75) is 51.2 Å². The van der Waals surface area contributed by atoms with Crippen LogP contribution in [0.5, 0.6) is 0 Å². The Balaban J connectivity index is 0.992. The molecule has 51 heavy (non-hydrogen) atoms. The van der Waals surface area contributed by atoms with E-state index in [2.05, 4.69) is 167 Å². The second kappa shape index (κ2) is 13.5. The molecular weight excluding hydrogens is 709 g/mol. The smallest absolute Gasteiger partial charge is 0.113 e. The van der Waals surface area contributed by atoms with Crippen molar-refractivity contribution in [3.05, 3.63) is 132 Å². The zero-order valence-electron chi connectivity index (χ0n) is 30.0. The first kappa shape index (κ1) is 34.1. The second-order valence-corrected chi connectivity index (χ2v) is 28.9. The third-order valence-electron chi connectivity index (χ3n) is 10.1. The van der Waals surface area contributed by atoms with E-state index in [4.69, 9.17) is 8.75 Å². The molecule has 7 aromatic rings. The van der Waals surface area contributed by atoms with Crippen LogP contribution in [0.25, 0.3) is 70.2 Å². The van der Waals surface area contributed by atoms with E-state index in [1.807, 2.05) is 22.7 Å². The molecule has 0 saturated carbocycles. The maximum atomic E-state index is 4.78. The molecule has 0 N–H and O–H groups in total. The summed E-state index contributed by atoms with van der Waals surface area (Å²) in [6.07, 6.45) is 8.42. The van der Waals surface area contributed by atoms with Crippen LogP contribution in [0.15, 0.2) is 127 Å². The molecule has 1 unspecified atom stereocenters. The molecular formula is C44H42N2S3Si2. The Labute approximate surface area is 316 Å². The third-order valence-corrected chi connectivity index (χ3v) is 17.7. The van der Waals surface area contributed by atoms with Gasteiger partial charge in [0.1, 0.15) is 11.0 Å². The summed E-state index contributed by atoms with van der Waals surface area (Å²) in [4.78, 5) is 5.23. The predicted octanol–water partition coefficient (Wildman–Crippen LogP) is 13.7. The van der Waals surface area contributed by atoms with Crippen LogP contribution in [-0.2, 0) is 0 Å². The molecule has 254 valence electrons. The van der Waals surface area contributed by atoms with Gasteiger partial charge in [0.2, 0.25) is 0 Å².